The largest absolute Gasteiger partial charge is 0.493 e. The quantitative estimate of drug-likeness (QED) is 0.491. The van der Waals surface area contributed by atoms with Gasteiger partial charge in [-0.3, -0.25) is 10.0 Å². The summed E-state index contributed by atoms with van der Waals surface area (Å²) in [6.07, 6.45) is 2.07. The molecule has 0 fully saturated rings. The number of benzene rings is 1. The van der Waals surface area contributed by atoms with Gasteiger partial charge in [0.1, 0.15) is 6.61 Å². The molecule has 0 radical (unpaired) electrons. The van der Waals surface area contributed by atoms with Gasteiger partial charge in [-0.15, -0.1) is 6.58 Å². The van der Waals surface area contributed by atoms with E-state index < -0.39 is 17.8 Å². The van der Waals surface area contributed by atoms with Gasteiger partial charge in [-0.2, -0.15) is 0 Å². The molecule has 1 aliphatic rings. The predicted molar refractivity (Wildman–Crippen MR) is 77.8 cm³/mol. The van der Waals surface area contributed by atoms with Crippen molar-refractivity contribution in [1.82, 2.24) is 5.48 Å². The molecule has 118 valence electrons. The molecule has 6 nitrogen and oxygen atoms in total. The van der Waals surface area contributed by atoms with Crippen LogP contribution < -0.4 is 10.2 Å². The van der Waals surface area contributed by atoms with E-state index in [-0.39, 0.29) is 18.3 Å². The summed E-state index contributed by atoms with van der Waals surface area (Å²) in [7, 11) is 1.40. The van der Waals surface area contributed by atoms with Gasteiger partial charge in [-0.05, 0) is 25.0 Å². The molecule has 0 aromatic heterocycles. The molecule has 0 unspecified atom stereocenters. The Morgan fingerprint density at radius 2 is 2.45 bits per heavy atom. The maximum Gasteiger partial charge on any atom is 0.271 e. The van der Waals surface area contributed by atoms with Gasteiger partial charge in [0.2, 0.25) is 5.90 Å². The third-order valence-corrected chi connectivity index (χ3v) is 3.47. The molecule has 1 aromatic carbocycles. The fourth-order valence-corrected chi connectivity index (χ4v) is 2.34. The lowest BCUT2D eigenvalue weighted by atomic mass is 9.98. The second-order valence-corrected chi connectivity index (χ2v) is 4.77. The van der Waals surface area contributed by atoms with Crippen LogP contribution in [0.1, 0.15) is 16.7 Å². The van der Waals surface area contributed by atoms with Crippen LogP contribution in [-0.2, 0) is 16.0 Å². The third-order valence-electron chi connectivity index (χ3n) is 3.47. The fraction of sp³-hybridized carbons (Fsp3) is 0.333. The number of ether oxygens (including phenoxy) is 2. The number of carbonyl (C=O) groups excluding carboxylic acids is 1. The molecule has 0 bridgehead atoms. The summed E-state index contributed by atoms with van der Waals surface area (Å²) in [5, 5.41) is 8.62. The van der Waals surface area contributed by atoms with Crippen LogP contribution in [0.2, 0.25) is 0 Å². The molecule has 1 aromatic rings. The van der Waals surface area contributed by atoms with E-state index in [2.05, 4.69) is 11.6 Å². The zero-order valence-electron chi connectivity index (χ0n) is 12.4. The summed E-state index contributed by atoms with van der Waals surface area (Å²) in [6, 6.07) is 0.408. The Kier molecular flexibility index (Phi) is 4.77. The van der Waals surface area contributed by atoms with Gasteiger partial charge in [0.15, 0.2) is 17.6 Å². The smallest absolute Gasteiger partial charge is 0.271 e. The summed E-state index contributed by atoms with van der Waals surface area (Å²) in [4.78, 5) is 15.4. The maximum absolute atomic E-state index is 14.2. The topological polar surface area (TPSA) is 80.2 Å². The molecule has 0 saturated carbocycles. The van der Waals surface area contributed by atoms with Crippen molar-refractivity contribution >= 4 is 11.8 Å². The number of carbonyl (C=O) groups is 1. The van der Waals surface area contributed by atoms with E-state index >= 15 is 0 Å². The first kappa shape index (κ1) is 16.0. The van der Waals surface area contributed by atoms with Crippen LogP contribution in [0, 0.1) is 12.7 Å². The van der Waals surface area contributed by atoms with Crippen LogP contribution in [0.4, 0.5) is 4.39 Å². The Hall–Kier alpha value is -2.41. The first-order valence-corrected chi connectivity index (χ1v) is 6.65. The van der Waals surface area contributed by atoms with Crippen molar-refractivity contribution in [2.45, 2.75) is 19.4 Å². The number of methoxy groups -OCH3 is 1. The summed E-state index contributed by atoms with van der Waals surface area (Å²) in [5.41, 5.74) is 3.35. The third kappa shape index (κ3) is 2.80. The van der Waals surface area contributed by atoms with Crippen LogP contribution >= 0.6 is 0 Å². The van der Waals surface area contributed by atoms with Crippen molar-refractivity contribution in [2.24, 2.45) is 4.99 Å². The number of nitrogens with one attached hydrogen (secondary N) is 1. The van der Waals surface area contributed by atoms with Crippen LogP contribution in [0.5, 0.6) is 5.75 Å². The Bertz CT molecular complexity index is 643. The van der Waals surface area contributed by atoms with Crippen LogP contribution in [0.15, 0.2) is 23.7 Å². The fourth-order valence-electron chi connectivity index (χ4n) is 2.34. The molecule has 1 heterocycles. The van der Waals surface area contributed by atoms with Crippen molar-refractivity contribution < 1.29 is 23.9 Å². The number of nitrogens with zero attached hydrogens (tertiary/aromatic N) is 1. The van der Waals surface area contributed by atoms with E-state index in [4.69, 9.17) is 14.7 Å². The first-order valence-electron chi connectivity index (χ1n) is 6.65. The lowest BCUT2D eigenvalue weighted by molar-refractivity contribution is -0.130. The summed E-state index contributed by atoms with van der Waals surface area (Å²) in [6.45, 7) is 5.44. The normalized spacial score (nSPS) is 16.7. The molecule has 1 amide bonds. The Morgan fingerprint density at radius 1 is 1.73 bits per heavy atom. The molecule has 0 saturated heterocycles. The average molecular weight is 308 g/mol. The minimum atomic E-state index is -0.854. The predicted octanol–water partition coefficient (Wildman–Crippen LogP) is 1.52. The highest BCUT2D eigenvalue weighted by atomic mass is 19.1. The standard InChI is InChI=1S/C15H17FN2O4/c1-4-5-9-8(2)10(6-11(16)13(9)21-3)15-17-12(7-22-15)14(19)18-20/h4,6,12,20H,1,5,7H2,2-3H3,(H,18,19)/t12-/m1/s1. The summed E-state index contributed by atoms with van der Waals surface area (Å²) in [5.74, 6) is -0.892. The van der Waals surface area contributed by atoms with Gasteiger partial charge < -0.3 is 9.47 Å². The van der Waals surface area contributed by atoms with Crippen molar-refractivity contribution in [1.29, 1.82) is 0 Å². The lowest BCUT2D eigenvalue weighted by Crippen LogP contribution is -2.31. The molecular weight excluding hydrogens is 291 g/mol. The molecule has 0 spiro atoms. The number of halogens is 1. The van der Waals surface area contributed by atoms with E-state index in [1.807, 2.05) is 0 Å². The number of hydrogen-bond acceptors (Lipinski definition) is 5. The van der Waals surface area contributed by atoms with Crippen LogP contribution in [0.3, 0.4) is 0 Å². The van der Waals surface area contributed by atoms with E-state index in [1.54, 1.807) is 13.0 Å². The number of allylic oxidation sites excluding steroid dienone is 1. The first-order chi connectivity index (χ1) is 10.5. The zero-order valence-corrected chi connectivity index (χ0v) is 12.4. The van der Waals surface area contributed by atoms with Gasteiger partial charge in [-0.1, -0.05) is 6.08 Å². The number of amides is 1. The van der Waals surface area contributed by atoms with Gasteiger partial charge >= 0.3 is 0 Å². The molecule has 22 heavy (non-hydrogen) atoms. The molecule has 0 aliphatic carbocycles. The molecule has 1 atom stereocenters. The van der Waals surface area contributed by atoms with E-state index in [1.165, 1.54) is 18.7 Å². The average Bonchev–Trinajstić information content (AvgIpc) is 3.00. The molecule has 7 heteroatoms. The number of hydrogen-bond donors (Lipinski definition) is 2. The number of rotatable bonds is 5. The second kappa shape index (κ2) is 6.57. The number of aliphatic imine (C=N–C) groups is 1. The lowest BCUT2D eigenvalue weighted by Gasteiger charge is -2.15. The van der Waals surface area contributed by atoms with Crippen molar-refractivity contribution in [3.8, 4) is 5.75 Å². The van der Waals surface area contributed by atoms with E-state index in [0.717, 1.165) is 5.56 Å². The monoisotopic (exact) mass is 308 g/mol. The minimum Gasteiger partial charge on any atom is -0.493 e. The highest BCUT2D eigenvalue weighted by Gasteiger charge is 2.28. The van der Waals surface area contributed by atoms with Gasteiger partial charge in [0.05, 0.1) is 7.11 Å². The molecular formula is C15H17FN2O4. The second-order valence-electron chi connectivity index (χ2n) is 4.77. The summed E-state index contributed by atoms with van der Waals surface area (Å²) >= 11 is 0. The Balaban J connectivity index is 2.48. The van der Waals surface area contributed by atoms with Crippen molar-refractivity contribution in [3.63, 3.8) is 0 Å². The molecule has 1 aliphatic heterocycles. The zero-order chi connectivity index (χ0) is 16.3. The Morgan fingerprint density at radius 3 is 3.05 bits per heavy atom. The minimum absolute atomic E-state index is 0.00833. The van der Waals surface area contributed by atoms with Gasteiger partial charge in [-0.25, -0.2) is 14.9 Å². The van der Waals surface area contributed by atoms with Crippen LogP contribution in [0.25, 0.3) is 0 Å². The van der Waals surface area contributed by atoms with E-state index in [0.29, 0.717) is 17.5 Å². The van der Waals surface area contributed by atoms with E-state index in [9.17, 15) is 9.18 Å². The van der Waals surface area contributed by atoms with Crippen molar-refractivity contribution in [3.05, 3.63) is 41.2 Å². The SMILES string of the molecule is C=CCc1c(C)c(C2=N[C@@H](C(=O)NO)CO2)cc(F)c1OC. The van der Waals surface area contributed by atoms with Crippen molar-refractivity contribution in [2.75, 3.05) is 13.7 Å². The van der Waals surface area contributed by atoms with Gasteiger partial charge in [0, 0.05) is 11.1 Å². The molecule has 2 rings (SSSR count). The van der Waals surface area contributed by atoms with Gasteiger partial charge in [0.25, 0.3) is 5.91 Å². The maximum atomic E-state index is 14.2. The summed E-state index contributed by atoms with van der Waals surface area (Å²) < 4.78 is 24.7. The highest BCUT2D eigenvalue weighted by molar-refractivity contribution is 5.99. The Labute approximate surface area is 127 Å². The number of hydroxylamine groups is 1. The highest BCUT2D eigenvalue weighted by Crippen LogP contribution is 2.31. The van der Waals surface area contributed by atoms with Crippen LogP contribution in [-0.4, -0.2) is 36.8 Å². The molecule has 2 N–H and O–H groups in total.